The lowest BCUT2D eigenvalue weighted by molar-refractivity contribution is 0.182. The first kappa shape index (κ1) is 9.96. The van der Waals surface area contributed by atoms with Crippen LogP contribution in [0.15, 0.2) is 0 Å². The Hall–Kier alpha value is -0.120. The van der Waals surface area contributed by atoms with Gasteiger partial charge in [0, 0.05) is 32.8 Å². The Labute approximate surface area is 75.1 Å². The second-order valence-electron chi connectivity index (χ2n) is 3.52. The van der Waals surface area contributed by atoms with Gasteiger partial charge >= 0.3 is 0 Å². The van der Waals surface area contributed by atoms with E-state index in [1.807, 2.05) is 0 Å². The van der Waals surface area contributed by atoms with E-state index in [9.17, 15) is 0 Å². The average molecular weight is 172 g/mol. The molecule has 0 bridgehead atoms. The van der Waals surface area contributed by atoms with Gasteiger partial charge in [-0.2, -0.15) is 0 Å². The SMILES string of the molecule is COCCC1CCN(C)CCN1. The molecule has 1 rings (SSSR count). The fraction of sp³-hybridized carbons (Fsp3) is 1.00. The van der Waals surface area contributed by atoms with Gasteiger partial charge in [0.05, 0.1) is 0 Å². The van der Waals surface area contributed by atoms with E-state index >= 15 is 0 Å². The first-order valence-corrected chi connectivity index (χ1v) is 4.74. The molecule has 1 heterocycles. The maximum atomic E-state index is 5.06. The van der Waals surface area contributed by atoms with Crippen LogP contribution in [0.5, 0.6) is 0 Å². The Balaban J connectivity index is 2.17. The molecular formula is C9H20N2O. The Kier molecular flexibility index (Phi) is 4.58. The summed E-state index contributed by atoms with van der Waals surface area (Å²) in [6.45, 7) is 4.37. The summed E-state index contributed by atoms with van der Waals surface area (Å²) in [6.07, 6.45) is 2.39. The Bertz CT molecular complexity index is 117. The third-order valence-electron chi connectivity index (χ3n) is 2.46. The van der Waals surface area contributed by atoms with Crippen LogP contribution in [0.1, 0.15) is 12.8 Å². The molecule has 1 fully saturated rings. The van der Waals surface area contributed by atoms with Crippen LogP contribution in [0.4, 0.5) is 0 Å². The molecule has 0 aromatic rings. The minimum absolute atomic E-state index is 0.662. The molecule has 0 amide bonds. The molecule has 3 heteroatoms. The van der Waals surface area contributed by atoms with Gasteiger partial charge in [-0.15, -0.1) is 0 Å². The predicted octanol–water partition coefficient (Wildman–Crippen LogP) is 0.317. The molecule has 1 unspecified atom stereocenters. The van der Waals surface area contributed by atoms with Crippen molar-refractivity contribution in [3.05, 3.63) is 0 Å². The van der Waals surface area contributed by atoms with E-state index in [4.69, 9.17) is 4.74 Å². The topological polar surface area (TPSA) is 24.5 Å². The van der Waals surface area contributed by atoms with E-state index in [2.05, 4.69) is 17.3 Å². The number of hydrogen-bond donors (Lipinski definition) is 1. The van der Waals surface area contributed by atoms with Crippen LogP contribution < -0.4 is 5.32 Å². The van der Waals surface area contributed by atoms with Crippen LogP contribution in [0, 0.1) is 0 Å². The average Bonchev–Trinajstić information content (AvgIpc) is 2.27. The van der Waals surface area contributed by atoms with E-state index in [1.54, 1.807) is 7.11 Å². The summed E-state index contributed by atoms with van der Waals surface area (Å²) in [5.41, 5.74) is 0. The van der Waals surface area contributed by atoms with Gasteiger partial charge in [0.15, 0.2) is 0 Å². The van der Waals surface area contributed by atoms with Crippen LogP contribution in [-0.2, 0) is 4.74 Å². The molecule has 3 nitrogen and oxygen atoms in total. The Morgan fingerprint density at radius 3 is 3.08 bits per heavy atom. The number of nitrogens with one attached hydrogen (secondary N) is 1. The van der Waals surface area contributed by atoms with Gasteiger partial charge in [0.2, 0.25) is 0 Å². The van der Waals surface area contributed by atoms with Gasteiger partial charge in [-0.05, 0) is 26.4 Å². The van der Waals surface area contributed by atoms with Crippen molar-refractivity contribution in [3.63, 3.8) is 0 Å². The van der Waals surface area contributed by atoms with Crippen molar-refractivity contribution in [3.8, 4) is 0 Å². The number of rotatable bonds is 3. The maximum absolute atomic E-state index is 5.06. The third-order valence-corrected chi connectivity index (χ3v) is 2.46. The lowest BCUT2D eigenvalue weighted by Crippen LogP contribution is -2.30. The van der Waals surface area contributed by atoms with E-state index in [0.29, 0.717) is 6.04 Å². The van der Waals surface area contributed by atoms with Crippen LogP contribution >= 0.6 is 0 Å². The third kappa shape index (κ3) is 3.52. The van der Waals surface area contributed by atoms with Crippen molar-refractivity contribution >= 4 is 0 Å². The van der Waals surface area contributed by atoms with Gasteiger partial charge in [0.25, 0.3) is 0 Å². The zero-order chi connectivity index (χ0) is 8.81. The Morgan fingerprint density at radius 1 is 1.50 bits per heavy atom. The zero-order valence-corrected chi connectivity index (χ0v) is 8.18. The Morgan fingerprint density at radius 2 is 2.33 bits per heavy atom. The first-order chi connectivity index (χ1) is 5.83. The quantitative estimate of drug-likeness (QED) is 0.663. The van der Waals surface area contributed by atoms with Gasteiger partial charge in [-0.3, -0.25) is 0 Å². The summed E-state index contributed by atoms with van der Waals surface area (Å²) in [5, 5.41) is 3.53. The molecule has 0 aromatic carbocycles. The predicted molar refractivity (Wildman–Crippen MR) is 50.4 cm³/mol. The summed E-state index contributed by atoms with van der Waals surface area (Å²) in [7, 11) is 3.95. The molecular weight excluding hydrogens is 152 g/mol. The van der Waals surface area contributed by atoms with Crippen molar-refractivity contribution in [1.29, 1.82) is 0 Å². The second kappa shape index (κ2) is 5.51. The fourth-order valence-corrected chi connectivity index (χ4v) is 1.56. The van der Waals surface area contributed by atoms with Crippen molar-refractivity contribution in [2.75, 3.05) is 40.4 Å². The molecule has 0 spiro atoms. The molecule has 1 saturated heterocycles. The van der Waals surface area contributed by atoms with Crippen LogP contribution in [0.2, 0.25) is 0 Å². The minimum Gasteiger partial charge on any atom is -0.385 e. The number of methoxy groups -OCH3 is 1. The molecule has 12 heavy (non-hydrogen) atoms. The number of hydrogen-bond acceptors (Lipinski definition) is 3. The smallest absolute Gasteiger partial charge is 0.0477 e. The van der Waals surface area contributed by atoms with Crippen LogP contribution in [-0.4, -0.2) is 51.3 Å². The van der Waals surface area contributed by atoms with Crippen LogP contribution in [0.3, 0.4) is 0 Å². The van der Waals surface area contributed by atoms with Gasteiger partial charge in [0.1, 0.15) is 0 Å². The number of nitrogens with zero attached hydrogens (tertiary/aromatic N) is 1. The summed E-state index contributed by atoms with van der Waals surface area (Å²) >= 11 is 0. The maximum Gasteiger partial charge on any atom is 0.0477 e. The molecule has 0 radical (unpaired) electrons. The fourth-order valence-electron chi connectivity index (χ4n) is 1.56. The number of likely N-dealkylation sites (N-methyl/N-ethyl adjacent to an activating group) is 1. The second-order valence-corrected chi connectivity index (χ2v) is 3.52. The summed E-state index contributed by atoms with van der Waals surface area (Å²) in [5.74, 6) is 0. The zero-order valence-electron chi connectivity index (χ0n) is 8.18. The first-order valence-electron chi connectivity index (χ1n) is 4.74. The molecule has 0 aromatic heterocycles. The molecule has 0 aliphatic carbocycles. The molecule has 1 atom stereocenters. The highest BCUT2D eigenvalue weighted by Gasteiger charge is 2.12. The highest BCUT2D eigenvalue weighted by atomic mass is 16.5. The standard InChI is InChI=1S/C9H20N2O/c1-11-6-3-9(4-8-12-2)10-5-7-11/h9-10H,3-8H2,1-2H3. The van der Waals surface area contributed by atoms with Crippen molar-refractivity contribution in [1.82, 2.24) is 10.2 Å². The van der Waals surface area contributed by atoms with Crippen molar-refractivity contribution in [2.45, 2.75) is 18.9 Å². The van der Waals surface area contributed by atoms with E-state index < -0.39 is 0 Å². The molecule has 0 saturated carbocycles. The van der Waals surface area contributed by atoms with E-state index in [1.165, 1.54) is 19.5 Å². The van der Waals surface area contributed by atoms with Crippen LogP contribution in [0.25, 0.3) is 0 Å². The summed E-state index contributed by atoms with van der Waals surface area (Å²) in [6, 6.07) is 0.662. The lowest BCUT2D eigenvalue weighted by atomic mass is 10.1. The minimum atomic E-state index is 0.662. The molecule has 1 aliphatic heterocycles. The van der Waals surface area contributed by atoms with Gasteiger partial charge in [-0.25, -0.2) is 0 Å². The largest absolute Gasteiger partial charge is 0.385 e. The van der Waals surface area contributed by atoms with Crippen molar-refractivity contribution < 1.29 is 4.74 Å². The van der Waals surface area contributed by atoms with Gasteiger partial charge in [-0.1, -0.05) is 0 Å². The van der Waals surface area contributed by atoms with E-state index in [0.717, 1.165) is 19.6 Å². The highest BCUT2D eigenvalue weighted by molar-refractivity contribution is 4.73. The lowest BCUT2D eigenvalue weighted by Gasteiger charge is -2.14. The molecule has 72 valence electrons. The summed E-state index contributed by atoms with van der Waals surface area (Å²) < 4.78 is 5.06. The van der Waals surface area contributed by atoms with Gasteiger partial charge < -0.3 is 15.0 Å². The van der Waals surface area contributed by atoms with E-state index in [-0.39, 0.29) is 0 Å². The summed E-state index contributed by atoms with van der Waals surface area (Å²) in [4.78, 5) is 2.37. The van der Waals surface area contributed by atoms with Crippen molar-refractivity contribution in [2.24, 2.45) is 0 Å². The number of ether oxygens (including phenoxy) is 1. The molecule has 1 aliphatic rings. The monoisotopic (exact) mass is 172 g/mol. The normalized spacial score (nSPS) is 27.0. The highest BCUT2D eigenvalue weighted by Crippen LogP contribution is 2.03. The molecule has 1 N–H and O–H groups in total.